The van der Waals surface area contributed by atoms with E-state index in [0.717, 1.165) is 6.42 Å². The van der Waals surface area contributed by atoms with Crippen LogP contribution in [0, 0.1) is 5.41 Å². The third-order valence-corrected chi connectivity index (χ3v) is 3.33. The Labute approximate surface area is 91.5 Å². The van der Waals surface area contributed by atoms with E-state index in [-0.39, 0.29) is 17.9 Å². The van der Waals surface area contributed by atoms with Crippen LogP contribution in [0.2, 0.25) is 0 Å². The van der Waals surface area contributed by atoms with Crippen LogP contribution in [0.5, 0.6) is 0 Å². The van der Waals surface area contributed by atoms with Gasteiger partial charge in [-0.05, 0) is 11.8 Å². The first-order chi connectivity index (χ1) is 6.40. The topological polar surface area (TPSA) is 53.7 Å². The summed E-state index contributed by atoms with van der Waals surface area (Å²) in [5.41, 5.74) is 6.12. The van der Waals surface area contributed by atoms with Gasteiger partial charge in [-0.25, -0.2) is 0 Å². The van der Waals surface area contributed by atoms with Gasteiger partial charge in [0.1, 0.15) is 6.79 Å². The number of hydrogen-bond donors (Lipinski definition) is 1. The van der Waals surface area contributed by atoms with Crippen LogP contribution in [0.15, 0.2) is 0 Å². The summed E-state index contributed by atoms with van der Waals surface area (Å²) in [7, 11) is 3.04. The lowest BCUT2D eigenvalue weighted by molar-refractivity contribution is 0.0932. The van der Waals surface area contributed by atoms with Crippen molar-refractivity contribution in [2.45, 2.75) is 32.9 Å². The predicted molar refractivity (Wildman–Crippen MR) is 57.6 cm³/mol. The average molecular weight is 233 g/mol. The molecule has 0 rings (SSSR count). The molecule has 0 amide bonds. The van der Waals surface area contributed by atoms with Gasteiger partial charge in [0.05, 0.1) is 5.67 Å². The summed E-state index contributed by atoms with van der Waals surface area (Å²) in [4.78, 5) is 0. The first-order valence-corrected chi connectivity index (χ1v) is 6.28. The van der Waals surface area contributed by atoms with E-state index >= 15 is 0 Å². The lowest BCUT2D eigenvalue weighted by Crippen LogP contribution is -2.45. The Morgan fingerprint density at radius 2 is 2.00 bits per heavy atom. The van der Waals surface area contributed by atoms with Gasteiger partial charge < -0.3 is 19.0 Å². The van der Waals surface area contributed by atoms with E-state index in [0.29, 0.717) is 0 Å². The maximum atomic E-state index is 5.98. The molecule has 4 nitrogen and oxygen atoms in total. The molecule has 0 spiro atoms. The van der Waals surface area contributed by atoms with Crippen LogP contribution in [-0.2, 0) is 13.3 Å². The lowest BCUT2D eigenvalue weighted by atomic mass is 9.92. The Kier molecular flexibility index (Phi) is 6.83. The highest BCUT2D eigenvalue weighted by Gasteiger charge is 2.28. The summed E-state index contributed by atoms with van der Waals surface area (Å²) in [5.74, 6) is 0. The van der Waals surface area contributed by atoms with Crippen molar-refractivity contribution in [2.24, 2.45) is 11.1 Å². The molecule has 0 aliphatic rings. The third-order valence-electron chi connectivity index (χ3n) is 1.60. The van der Waals surface area contributed by atoms with Crippen molar-refractivity contribution in [3.63, 3.8) is 0 Å². The molecule has 4 radical (unpaired) electrons. The first-order valence-electron chi connectivity index (χ1n) is 4.48. The fourth-order valence-corrected chi connectivity index (χ4v) is 2.91. The van der Waals surface area contributed by atoms with E-state index in [1.165, 1.54) is 0 Å². The molecule has 0 aromatic heterocycles. The largest absolute Gasteiger partial charge is 0.404 e. The van der Waals surface area contributed by atoms with Crippen LogP contribution in [0.3, 0.4) is 0 Å². The van der Waals surface area contributed by atoms with Crippen molar-refractivity contribution in [1.29, 1.82) is 0 Å². The Hall–Kier alpha value is 0.274. The highest BCUT2D eigenvalue weighted by atomic mass is 28.3. The molecule has 1 unspecified atom stereocenters. The van der Waals surface area contributed by atoms with E-state index in [4.69, 9.17) is 14.6 Å². The maximum absolute atomic E-state index is 5.98. The van der Waals surface area contributed by atoms with Gasteiger partial charge in [-0.1, -0.05) is 20.8 Å². The van der Waals surface area contributed by atoms with Crippen molar-refractivity contribution in [2.75, 3.05) is 13.9 Å². The third kappa shape index (κ3) is 6.69. The second-order valence-electron chi connectivity index (χ2n) is 4.30. The smallest absolute Gasteiger partial charge is 0.397 e. The van der Waals surface area contributed by atoms with Gasteiger partial charge in [0, 0.05) is 7.11 Å². The molecular formula is C8H19NO3Si2. The second-order valence-corrected chi connectivity index (χ2v) is 6.67. The van der Waals surface area contributed by atoms with E-state index in [1.807, 2.05) is 0 Å². The zero-order valence-corrected chi connectivity index (χ0v) is 11.3. The van der Waals surface area contributed by atoms with Crippen LogP contribution in [0.4, 0.5) is 0 Å². The van der Waals surface area contributed by atoms with Gasteiger partial charge in [-0.2, -0.15) is 0 Å². The molecule has 1 atom stereocenters. The van der Waals surface area contributed by atoms with Crippen molar-refractivity contribution >= 4 is 19.8 Å². The molecule has 6 heteroatoms. The minimum atomic E-state index is -1.44. The Bertz CT molecular complexity index is 152. The standard InChI is InChI=1S/C8H19NO3Si2/c1-8(2,3)5-7(9)14(10-4)12-6-11-13/h7H,5-6,9H2,1-4H3. The Balaban J connectivity index is 3.97. The molecule has 0 saturated heterocycles. The minimum Gasteiger partial charge on any atom is -0.397 e. The van der Waals surface area contributed by atoms with Crippen LogP contribution in [-0.4, -0.2) is 39.3 Å². The maximum Gasteiger partial charge on any atom is 0.404 e. The monoisotopic (exact) mass is 233 g/mol. The van der Waals surface area contributed by atoms with Crippen LogP contribution < -0.4 is 5.73 Å². The molecule has 2 N–H and O–H groups in total. The summed E-state index contributed by atoms with van der Waals surface area (Å²) in [6, 6.07) is 0. The summed E-state index contributed by atoms with van der Waals surface area (Å²) in [5, 5.41) is 0. The lowest BCUT2D eigenvalue weighted by Gasteiger charge is -2.26. The van der Waals surface area contributed by atoms with Crippen LogP contribution in [0.1, 0.15) is 27.2 Å². The predicted octanol–water partition coefficient (Wildman–Crippen LogP) is 0.498. The normalized spacial score (nSPS) is 14.8. The zero-order chi connectivity index (χ0) is 11.2. The molecule has 0 aliphatic carbocycles. The van der Waals surface area contributed by atoms with Gasteiger partial charge in [-0.3, -0.25) is 0 Å². The fraction of sp³-hybridized carbons (Fsp3) is 1.00. The van der Waals surface area contributed by atoms with E-state index in [9.17, 15) is 0 Å². The molecule has 0 fully saturated rings. The Morgan fingerprint density at radius 3 is 2.36 bits per heavy atom. The van der Waals surface area contributed by atoms with E-state index in [1.54, 1.807) is 7.11 Å². The van der Waals surface area contributed by atoms with Gasteiger partial charge in [-0.15, -0.1) is 0 Å². The summed E-state index contributed by atoms with van der Waals surface area (Å²) in [6.45, 7) is 6.59. The fourth-order valence-electron chi connectivity index (χ4n) is 1.15. The van der Waals surface area contributed by atoms with Gasteiger partial charge in [0.2, 0.25) is 10.5 Å². The van der Waals surface area contributed by atoms with Gasteiger partial charge in [0.15, 0.2) is 0 Å². The number of rotatable bonds is 6. The van der Waals surface area contributed by atoms with Crippen molar-refractivity contribution in [1.82, 2.24) is 0 Å². The second kappa shape index (κ2) is 6.70. The van der Waals surface area contributed by atoms with E-state index < -0.39 is 9.28 Å². The molecule has 0 bridgehead atoms. The molecule has 14 heavy (non-hydrogen) atoms. The molecule has 0 saturated carbocycles. The minimum absolute atomic E-state index is 0.0492. The molecule has 0 aromatic rings. The van der Waals surface area contributed by atoms with Crippen LogP contribution in [0.25, 0.3) is 0 Å². The van der Waals surface area contributed by atoms with E-state index in [2.05, 4.69) is 35.7 Å². The molecule has 0 aromatic carbocycles. The Morgan fingerprint density at radius 1 is 1.43 bits per heavy atom. The number of nitrogens with two attached hydrogens (primary N) is 1. The van der Waals surface area contributed by atoms with Crippen molar-refractivity contribution in [3.8, 4) is 0 Å². The molecule has 0 aliphatic heterocycles. The zero-order valence-electron chi connectivity index (χ0n) is 9.29. The molecular weight excluding hydrogens is 214 g/mol. The highest BCUT2D eigenvalue weighted by molar-refractivity contribution is 6.46. The molecule has 0 heterocycles. The van der Waals surface area contributed by atoms with Crippen LogP contribution >= 0.6 is 0 Å². The van der Waals surface area contributed by atoms with Gasteiger partial charge in [0.25, 0.3) is 0 Å². The highest BCUT2D eigenvalue weighted by Crippen LogP contribution is 2.21. The average Bonchev–Trinajstić information content (AvgIpc) is 2.02. The molecule has 82 valence electrons. The van der Waals surface area contributed by atoms with Crippen molar-refractivity contribution < 1.29 is 13.3 Å². The van der Waals surface area contributed by atoms with Crippen molar-refractivity contribution in [3.05, 3.63) is 0 Å². The summed E-state index contributed by atoms with van der Waals surface area (Å²) in [6.07, 6.45) is 0.872. The quantitative estimate of drug-likeness (QED) is 0.536. The summed E-state index contributed by atoms with van der Waals surface area (Å²) < 4.78 is 15.2. The number of hydrogen-bond acceptors (Lipinski definition) is 4. The summed E-state index contributed by atoms with van der Waals surface area (Å²) >= 11 is 0. The van der Waals surface area contributed by atoms with Gasteiger partial charge >= 0.3 is 9.28 Å². The SMILES string of the molecule is CO[Si](OCO[Si])C(N)CC(C)(C)C. The first kappa shape index (κ1) is 14.3.